The summed E-state index contributed by atoms with van der Waals surface area (Å²) in [5.74, 6) is 0.682. The molecule has 0 aromatic heterocycles. The highest BCUT2D eigenvalue weighted by molar-refractivity contribution is 7.89. The molecule has 1 aliphatic heterocycles. The molecular weight excluding hydrogens is 306 g/mol. The van der Waals surface area contributed by atoms with Crippen molar-refractivity contribution in [2.24, 2.45) is 5.92 Å². The first-order chi connectivity index (χ1) is 11.1. The molecule has 23 heavy (non-hydrogen) atoms. The van der Waals surface area contributed by atoms with Crippen molar-refractivity contribution in [3.63, 3.8) is 0 Å². The van der Waals surface area contributed by atoms with Crippen molar-refractivity contribution in [1.29, 1.82) is 0 Å². The molecule has 118 valence electrons. The molecule has 2 atom stereocenters. The molecule has 3 nitrogen and oxygen atoms in total. The van der Waals surface area contributed by atoms with Gasteiger partial charge in [-0.2, -0.15) is 4.31 Å². The Kier molecular flexibility index (Phi) is 3.39. The SMILES string of the molecule is Cc1ccc(S(=O)(=O)N2CC3=CC(c4ccccc4)C3C2)cc1. The molecule has 2 unspecified atom stereocenters. The summed E-state index contributed by atoms with van der Waals surface area (Å²) in [4.78, 5) is 0.390. The summed E-state index contributed by atoms with van der Waals surface area (Å²) in [6.45, 7) is 3.08. The molecule has 2 aliphatic rings. The van der Waals surface area contributed by atoms with Gasteiger partial charge in [0.2, 0.25) is 10.0 Å². The standard InChI is InChI=1S/C19H19NO2S/c1-14-7-9-17(10-8-14)23(21,22)20-12-16-11-18(19(16)13-20)15-5-3-2-4-6-15/h2-11,18-19H,12-13H2,1H3. The number of hydrogen-bond donors (Lipinski definition) is 0. The van der Waals surface area contributed by atoms with Gasteiger partial charge in [0.1, 0.15) is 0 Å². The second-order valence-electron chi connectivity index (χ2n) is 6.40. The largest absolute Gasteiger partial charge is 0.243 e. The van der Waals surface area contributed by atoms with Gasteiger partial charge in [-0.3, -0.25) is 0 Å². The number of fused-ring (bicyclic) bond motifs is 1. The van der Waals surface area contributed by atoms with Crippen LogP contribution in [-0.4, -0.2) is 25.8 Å². The highest BCUT2D eigenvalue weighted by atomic mass is 32.2. The van der Waals surface area contributed by atoms with Crippen molar-refractivity contribution in [3.05, 3.63) is 77.4 Å². The zero-order valence-corrected chi connectivity index (χ0v) is 13.8. The van der Waals surface area contributed by atoms with Crippen LogP contribution in [0.25, 0.3) is 0 Å². The van der Waals surface area contributed by atoms with Gasteiger partial charge in [0.15, 0.2) is 0 Å². The van der Waals surface area contributed by atoms with Gasteiger partial charge in [-0.15, -0.1) is 0 Å². The molecule has 4 heteroatoms. The second kappa shape index (κ2) is 5.32. The lowest BCUT2D eigenvalue weighted by Gasteiger charge is -2.30. The molecular formula is C19H19NO2S. The topological polar surface area (TPSA) is 37.4 Å². The number of rotatable bonds is 3. The van der Waals surface area contributed by atoms with Crippen LogP contribution in [0.2, 0.25) is 0 Å². The van der Waals surface area contributed by atoms with Crippen molar-refractivity contribution < 1.29 is 8.42 Å². The molecule has 4 rings (SSSR count). The van der Waals surface area contributed by atoms with E-state index in [4.69, 9.17) is 0 Å². The predicted octanol–water partition coefficient (Wildman–Crippen LogP) is 3.34. The van der Waals surface area contributed by atoms with E-state index in [1.807, 2.05) is 37.3 Å². The van der Waals surface area contributed by atoms with Gasteiger partial charge in [-0.1, -0.05) is 59.7 Å². The van der Waals surface area contributed by atoms with E-state index in [1.165, 1.54) is 11.1 Å². The van der Waals surface area contributed by atoms with Crippen LogP contribution < -0.4 is 0 Å². The zero-order chi connectivity index (χ0) is 16.0. The third-order valence-corrected chi connectivity index (χ3v) is 6.73. The summed E-state index contributed by atoms with van der Waals surface area (Å²) < 4.78 is 27.2. The van der Waals surface area contributed by atoms with Crippen LogP contribution in [-0.2, 0) is 10.0 Å². The third kappa shape index (κ3) is 2.42. The molecule has 0 radical (unpaired) electrons. The highest BCUT2D eigenvalue weighted by Crippen LogP contribution is 2.46. The fourth-order valence-electron chi connectivity index (χ4n) is 3.52. The van der Waals surface area contributed by atoms with Gasteiger partial charge in [0.05, 0.1) is 4.90 Å². The Balaban J connectivity index is 1.56. The van der Waals surface area contributed by atoms with Gasteiger partial charge in [0, 0.05) is 24.9 Å². The molecule has 0 saturated carbocycles. The van der Waals surface area contributed by atoms with E-state index in [0.717, 1.165) is 5.56 Å². The number of allylic oxidation sites excluding steroid dienone is 1. The van der Waals surface area contributed by atoms with Crippen LogP contribution in [0.4, 0.5) is 0 Å². The predicted molar refractivity (Wildman–Crippen MR) is 90.7 cm³/mol. The number of nitrogens with zero attached hydrogens (tertiary/aromatic N) is 1. The number of sulfonamides is 1. The summed E-state index contributed by atoms with van der Waals surface area (Å²) in [5, 5.41) is 0. The number of hydrogen-bond acceptors (Lipinski definition) is 2. The molecule has 1 aliphatic carbocycles. The lowest BCUT2D eigenvalue weighted by Crippen LogP contribution is -2.29. The quantitative estimate of drug-likeness (QED) is 0.812. The van der Waals surface area contributed by atoms with E-state index in [9.17, 15) is 8.42 Å². The van der Waals surface area contributed by atoms with E-state index >= 15 is 0 Å². The van der Waals surface area contributed by atoms with Crippen molar-refractivity contribution in [2.75, 3.05) is 13.1 Å². The van der Waals surface area contributed by atoms with Crippen molar-refractivity contribution in [2.45, 2.75) is 17.7 Å². The average molecular weight is 325 g/mol. The van der Waals surface area contributed by atoms with E-state index in [2.05, 4.69) is 18.2 Å². The van der Waals surface area contributed by atoms with Gasteiger partial charge < -0.3 is 0 Å². The second-order valence-corrected chi connectivity index (χ2v) is 8.33. The fourth-order valence-corrected chi connectivity index (χ4v) is 4.97. The monoisotopic (exact) mass is 325 g/mol. The Hall–Kier alpha value is -1.91. The first kappa shape index (κ1) is 14.7. The smallest absolute Gasteiger partial charge is 0.207 e. The van der Waals surface area contributed by atoms with E-state index in [1.54, 1.807) is 16.4 Å². The Morgan fingerprint density at radius 2 is 1.70 bits per heavy atom. The van der Waals surface area contributed by atoms with Crippen LogP contribution in [0, 0.1) is 12.8 Å². The molecule has 0 spiro atoms. The molecule has 2 aromatic carbocycles. The number of benzene rings is 2. The lowest BCUT2D eigenvalue weighted by atomic mass is 9.73. The van der Waals surface area contributed by atoms with Crippen LogP contribution in [0.5, 0.6) is 0 Å². The van der Waals surface area contributed by atoms with Crippen LogP contribution in [0.1, 0.15) is 17.0 Å². The first-order valence-corrected chi connectivity index (χ1v) is 9.32. The minimum atomic E-state index is -3.39. The molecule has 0 bridgehead atoms. The normalized spacial score (nSPS) is 24.0. The Labute approximate surface area is 137 Å². The Bertz CT molecular complexity index is 854. The zero-order valence-electron chi connectivity index (χ0n) is 13.0. The van der Waals surface area contributed by atoms with E-state index in [-0.39, 0.29) is 0 Å². The molecule has 0 amide bonds. The van der Waals surface area contributed by atoms with Crippen molar-refractivity contribution in [1.82, 2.24) is 4.31 Å². The maximum atomic E-state index is 12.8. The number of aryl methyl sites for hydroxylation is 1. The average Bonchev–Trinajstić information content (AvgIpc) is 2.87. The van der Waals surface area contributed by atoms with E-state index in [0.29, 0.717) is 29.8 Å². The first-order valence-electron chi connectivity index (χ1n) is 7.88. The van der Waals surface area contributed by atoms with Crippen molar-refractivity contribution in [3.8, 4) is 0 Å². The Morgan fingerprint density at radius 1 is 1.00 bits per heavy atom. The van der Waals surface area contributed by atoms with Crippen LogP contribution in [0.3, 0.4) is 0 Å². The van der Waals surface area contributed by atoms with Crippen molar-refractivity contribution >= 4 is 10.0 Å². The maximum Gasteiger partial charge on any atom is 0.243 e. The fraction of sp³-hybridized carbons (Fsp3) is 0.263. The summed E-state index contributed by atoms with van der Waals surface area (Å²) in [6.07, 6.45) is 2.23. The maximum absolute atomic E-state index is 12.8. The molecule has 1 fully saturated rings. The lowest BCUT2D eigenvalue weighted by molar-refractivity contribution is 0.440. The van der Waals surface area contributed by atoms with Crippen LogP contribution in [0.15, 0.2) is 71.1 Å². The Morgan fingerprint density at radius 3 is 2.39 bits per heavy atom. The molecule has 1 heterocycles. The summed E-state index contributed by atoms with van der Waals surface area (Å²) in [6, 6.07) is 17.4. The van der Waals surface area contributed by atoms with Gasteiger partial charge >= 0.3 is 0 Å². The summed E-state index contributed by atoms with van der Waals surface area (Å²) in [5.41, 5.74) is 3.60. The van der Waals surface area contributed by atoms with Gasteiger partial charge in [-0.25, -0.2) is 8.42 Å². The molecule has 1 saturated heterocycles. The van der Waals surface area contributed by atoms with Gasteiger partial charge in [-0.05, 0) is 24.6 Å². The molecule has 2 aromatic rings. The minimum absolute atomic E-state index is 0.331. The third-order valence-electron chi connectivity index (χ3n) is 4.91. The summed E-state index contributed by atoms with van der Waals surface area (Å²) in [7, 11) is -3.39. The van der Waals surface area contributed by atoms with E-state index < -0.39 is 10.0 Å². The summed E-state index contributed by atoms with van der Waals surface area (Å²) >= 11 is 0. The highest BCUT2D eigenvalue weighted by Gasteiger charge is 2.44. The molecule has 0 N–H and O–H groups in total. The van der Waals surface area contributed by atoms with Crippen LogP contribution >= 0.6 is 0 Å². The van der Waals surface area contributed by atoms with Gasteiger partial charge in [0.25, 0.3) is 0 Å². The minimum Gasteiger partial charge on any atom is -0.207 e.